The molecule has 0 atom stereocenters. The summed E-state index contributed by atoms with van der Waals surface area (Å²) in [7, 11) is 0. The Kier molecular flexibility index (Phi) is 6.10. The third-order valence-electron chi connectivity index (χ3n) is 3.88. The number of anilines is 1. The maximum atomic E-state index is 12.5. The highest BCUT2D eigenvalue weighted by Crippen LogP contribution is 2.18. The minimum atomic E-state index is -0.199. The molecule has 3 rings (SSSR count). The van der Waals surface area contributed by atoms with E-state index in [1.54, 1.807) is 18.5 Å². The fourth-order valence-corrected chi connectivity index (χ4v) is 2.45. The van der Waals surface area contributed by atoms with Gasteiger partial charge in [0, 0.05) is 37.1 Å². The Hall–Kier alpha value is -3.28. The molecule has 0 aliphatic carbocycles. The topological polar surface area (TPSA) is 79.8 Å². The fraction of sp³-hybridized carbons (Fsp3) is 0.238. The third kappa shape index (κ3) is 5.34. The van der Waals surface area contributed by atoms with Crippen molar-refractivity contribution in [3.8, 4) is 11.4 Å². The molecule has 0 spiro atoms. The lowest BCUT2D eigenvalue weighted by Crippen LogP contribution is -2.28. The van der Waals surface area contributed by atoms with Gasteiger partial charge in [-0.3, -0.25) is 9.78 Å². The summed E-state index contributed by atoms with van der Waals surface area (Å²) in [6.07, 6.45) is 3.49. The van der Waals surface area contributed by atoms with Gasteiger partial charge >= 0.3 is 0 Å². The van der Waals surface area contributed by atoms with Crippen LogP contribution < -0.4 is 10.6 Å². The molecule has 3 aromatic rings. The van der Waals surface area contributed by atoms with Gasteiger partial charge in [0.1, 0.15) is 11.5 Å². The van der Waals surface area contributed by atoms with Crippen LogP contribution in [0.2, 0.25) is 0 Å². The van der Waals surface area contributed by atoms with E-state index < -0.39 is 0 Å². The van der Waals surface area contributed by atoms with Crippen molar-refractivity contribution >= 4 is 11.7 Å². The van der Waals surface area contributed by atoms with Crippen LogP contribution in [0, 0.1) is 5.92 Å². The maximum absolute atomic E-state index is 12.5. The number of nitrogens with one attached hydrogen (secondary N) is 2. The highest BCUT2D eigenvalue weighted by molar-refractivity contribution is 5.93. The number of rotatable bonds is 7. The fourth-order valence-electron chi connectivity index (χ4n) is 2.45. The molecule has 27 heavy (non-hydrogen) atoms. The first-order valence-corrected chi connectivity index (χ1v) is 8.97. The number of hydrogen-bond donors (Lipinski definition) is 2. The van der Waals surface area contributed by atoms with E-state index >= 15 is 0 Å². The van der Waals surface area contributed by atoms with Gasteiger partial charge in [-0.15, -0.1) is 0 Å². The molecule has 0 radical (unpaired) electrons. The normalized spacial score (nSPS) is 10.6. The molecule has 6 nitrogen and oxygen atoms in total. The molecule has 138 valence electrons. The van der Waals surface area contributed by atoms with Crippen LogP contribution in [-0.4, -0.2) is 27.4 Å². The lowest BCUT2D eigenvalue weighted by molar-refractivity contribution is 0.0944. The van der Waals surface area contributed by atoms with Gasteiger partial charge < -0.3 is 10.6 Å². The van der Waals surface area contributed by atoms with Crippen LogP contribution in [0.25, 0.3) is 11.4 Å². The highest BCUT2D eigenvalue weighted by atomic mass is 16.1. The summed E-state index contributed by atoms with van der Waals surface area (Å²) in [5, 5.41) is 6.19. The summed E-state index contributed by atoms with van der Waals surface area (Å²) in [5.41, 5.74) is 2.29. The van der Waals surface area contributed by atoms with Crippen LogP contribution in [0.3, 0.4) is 0 Å². The van der Waals surface area contributed by atoms with E-state index in [1.807, 2.05) is 42.5 Å². The molecule has 0 aliphatic rings. The Morgan fingerprint density at radius 3 is 2.48 bits per heavy atom. The average Bonchev–Trinajstić information content (AvgIpc) is 2.71. The monoisotopic (exact) mass is 361 g/mol. The number of hydrogen-bond acceptors (Lipinski definition) is 5. The quantitative estimate of drug-likeness (QED) is 0.673. The van der Waals surface area contributed by atoms with Gasteiger partial charge in [0.15, 0.2) is 5.82 Å². The van der Waals surface area contributed by atoms with Gasteiger partial charge in [-0.1, -0.05) is 44.2 Å². The van der Waals surface area contributed by atoms with Crippen LogP contribution in [0.15, 0.2) is 60.9 Å². The molecule has 0 bridgehead atoms. The number of carbonyl (C=O) groups excluding carboxylic acids is 1. The van der Waals surface area contributed by atoms with Gasteiger partial charge in [-0.25, -0.2) is 9.97 Å². The largest absolute Gasteiger partial charge is 0.366 e. The summed E-state index contributed by atoms with van der Waals surface area (Å²) in [4.78, 5) is 25.6. The van der Waals surface area contributed by atoms with Crippen LogP contribution in [0.5, 0.6) is 0 Å². The molecule has 1 amide bonds. The first kappa shape index (κ1) is 18.5. The van der Waals surface area contributed by atoms with E-state index in [9.17, 15) is 4.79 Å². The van der Waals surface area contributed by atoms with Crippen molar-refractivity contribution in [2.75, 3.05) is 11.9 Å². The van der Waals surface area contributed by atoms with Gasteiger partial charge in [-0.2, -0.15) is 0 Å². The second-order valence-electron chi connectivity index (χ2n) is 6.64. The number of carbonyl (C=O) groups is 1. The average molecular weight is 361 g/mol. The zero-order valence-corrected chi connectivity index (χ0v) is 15.5. The van der Waals surface area contributed by atoms with Crippen molar-refractivity contribution in [1.82, 2.24) is 20.3 Å². The Morgan fingerprint density at radius 1 is 1.04 bits per heavy atom. The molecule has 0 saturated heterocycles. The summed E-state index contributed by atoms with van der Waals surface area (Å²) in [6.45, 7) is 5.29. The van der Waals surface area contributed by atoms with E-state index in [0.29, 0.717) is 36.3 Å². The highest BCUT2D eigenvalue weighted by Gasteiger charge is 2.13. The van der Waals surface area contributed by atoms with Crippen molar-refractivity contribution in [3.63, 3.8) is 0 Å². The predicted molar refractivity (Wildman–Crippen MR) is 106 cm³/mol. The lowest BCUT2D eigenvalue weighted by Gasteiger charge is -2.11. The lowest BCUT2D eigenvalue weighted by atomic mass is 10.2. The minimum absolute atomic E-state index is 0.199. The van der Waals surface area contributed by atoms with Gasteiger partial charge in [0.25, 0.3) is 5.91 Å². The molecule has 2 N–H and O–H groups in total. The van der Waals surface area contributed by atoms with Gasteiger partial charge in [-0.05, 0) is 23.6 Å². The van der Waals surface area contributed by atoms with Crippen LogP contribution in [0.4, 0.5) is 5.82 Å². The zero-order chi connectivity index (χ0) is 19.1. The van der Waals surface area contributed by atoms with E-state index in [0.717, 1.165) is 11.1 Å². The van der Waals surface area contributed by atoms with Crippen molar-refractivity contribution < 1.29 is 4.79 Å². The maximum Gasteiger partial charge on any atom is 0.270 e. The Bertz CT molecular complexity index is 882. The standard InChI is InChI=1S/C21H23N5O/c1-15(2)13-24-21(27)18-12-19(23-14-16-8-10-22-11-9-16)26-20(25-18)17-6-4-3-5-7-17/h3-12,15H,13-14H2,1-2H3,(H,24,27)(H,23,25,26). The van der Waals surface area contributed by atoms with Crippen molar-refractivity contribution in [3.05, 3.63) is 72.2 Å². The first-order valence-electron chi connectivity index (χ1n) is 8.97. The second-order valence-corrected chi connectivity index (χ2v) is 6.64. The molecule has 2 heterocycles. The van der Waals surface area contributed by atoms with E-state index in [4.69, 9.17) is 0 Å². The summed E-state index contributed by atoms with van der Waals surface area (Å²) in [5.74, 6) is 1.30. The Morgan fingerprint density at radius 2 is 1.78 bits per heavy atom. The Labute approximate surface area is 159 Å². The van der Waals surface area contributed by atoms with Crippen molar-refractivity contribution in [1.29, 1.82) is 0 Å². The van der Waals surface area contributed by atoms with Gasteiger partial charge in [0.2, 0.25) is 0 Å². The zero-order valence-electron chi connectivity index (χ0n) is 15.5. The van der Waals surface area contributed by atoms with Gasteiger partial charge in [0.05, 0.1) is 0 Å². The molecule has 0 fully saturated rings. The van der Waals surface area contributed by atoms with Crippen LogP contribution in [0.1, 0.15) is 29.9 Å². The number of nitrogens with zero attached hydrogens (tertiary/aromatic N) is 3. The molecule has 0 unspecified atom stereocenters. The summed E-state index contributed by atoms with van der Waals surface area (Å²) < 4.78 is 0. The van der Waals surface area contributed by atoms with Crippen molar-refractivity contribution in [2.45, 2.75) is 20.4 Å². The van der Waals surface area contributed by atoms with Crippen molar-refractivity contribution in [2.24, 2.45) is 5.92 Å². The van der Waals surface area contributed by atoms with E-state index in [2.05, 4.69) is 39.4 Å². The minimum Gasteiger partial charge on any atom is -0.366 e. The molecule has 0 saturated carbocycles. The summed E-state index contributed by atoms with van der Waals surface area (Å²) >= 11 is 0. The SMILES string of the molecule is CC(C)CNC(=O)c1cc(NCc2ccncc2)nc(-c2ccccc2)n1. The second kappa shape index (κ2) is 8.89. The predicted octanol–water partition coefficient (Wildman–Crippen LogP) is 3.54. The number of amides is 1. The first-order chi connectivity index (χ1) is 13.1. The van der Waals surface area contributed by atoms with Crippen LogP contribution in [-0.2, 0) is 6.54 Å². The molecule has 6 heteroatoms. The Balaban J connectivity index is 1.87. The van der Waals surface area contributed by atoms with E-state index in [-0.39, 0.29) is 5.91 Å². The molecule has 0 aliphatic heterocycles. The molecular weight excluding hydrogens is 338 g/mol. The number of pyridine rings is 1. The number of benzene rings is 1. The summed E-state index contributed by atoms with van der Waals surface area (Å²) in [6, 6.07) is 15.2. The number of aromatic nitrogens is 3. The van der Waals surface area contributed by atoms with E-state index in [1.165, 1.54) is 0 Å². The third-order valence-corrected chi connectivity index (χ3v) is 3.88. The molecule has 1 aromatic carbocycles. The smallest absolute Gasteiger partial charge is 0.270 e. The van der Waals surface area contributed by atoms with Crippen LogP contribution >= 0.6 is 0 Å². The molecular formula is C21H23N5O. The molecule has 2 aromatic heterocycles.